The van der Waals surface area contributed by atoms with Crippen molar-refractivity contribution in [3.63, 3.8) is 0 Å². The van der Waals surface area contributed by atoms with Crippen LogP contribution in [0, 0.1) is 0 Å². The Morgan fingerprint density at radius 3 is 1.21 bits per heavy atom. The number of rotatable bonds is 14. The first-order valence-electron chi connectivity index (χ1n) is 9.24. The summed E-state index contributed by atoms with van der Waals surface area (Å²) in [5.41, 5.74) is 0. The third-order valence-electron chi connectivity index (χ3n) is 4.93. The molecule has 19 heavy (non-hydrogen) atoms. The third kappa shape index (κ3) is 9.89. The minimum absolute atomic E-state index is 0.894. The molecule has 0 unspecified atom stereocenters. The zero-order valence-corrected chi connectivity index (χ0v) is 15.4. The van der Waals surface area contributed by atoms with Crippen LogP contribution in [-0.2, 0) is 0 Å². The predicted octanol–water partition coefficient (Wildman–Crippen LogP) is 6.72. The Kier molecular flexibility index (Phi) is 13.7. The van der Waals surface area contributed by atoms with Gasteiger partial charge in [0.25, 0.3) is 0 Å². The molecule has 0 aromatic heterocycles. The molecule has 0 amide bonds. The molecule has 0 heterocycles. The van der Waals surface area contributed by atoms with Crippen molar-refractivity contribution >= 4 is 7.26 Å². The summed E-state index contributed by atoms with van der Waals surface area (Å²) < 4.78 is 0. The van der Waals surface area contributed by atoms with Crippen molar-refractivity contribution in [1.29, 1.82) is 0 Å². The zero-order valence-electron chi connectivity index (χ0n) is 14.4. The van der Waals surface area contributed by atoms with Gasteiger partial charge in [0.2, 0.25) is 0 Å². The second kappa shape index (κ2) is 13.4. The summed E-state index contributed by atoms with van der Waals surface area (Å²) >= 11 is 0. The second-order valence-corrected chi connectivity index (χ2v) is 11.8. The van der Waals surface area contributed by atoms with E-state index in [0.717, 1.165) is 0 Å². The van der Waals surface area contributed by atoms with Crippen molar-refractivity contribution in [3.05, 3.63) is 0 Å². The van der Waals surface area contributed by atoms with Crippen molar-refractivity contribution in [1.82, 2.24) is 0 Å². The van der Waals surface area contributed by atoms with Gasteiger partial charge in [-0.05, 0) is 0 Å². The fourth-order valence-electron chi connectivity index (χ4n) is 3.33. The predicted molar refractivity (Wildman–Crippen MR) is 96.6 cm³/mol. The van der Waals surface area contributed by atoms with Crippen molar-refractivity contribution < 1.29 is 0 Å². The molecule has 0 saturated carbocycles. The fraction of sp³-hybridized carbons (Fsp3) is 1.00. The van der Waals surface area contributed by atoms with E-state index in [1.54, 1.807) is 24.6 Å². The van der Waals surface area contributed by atoms with E-state index in [1.165, 1.54) is 64.2 Å². The van der Waals surface area contributed by atoms with Crippen molar-refractivity contribution in [2.75, 3.05) is 24.6 Å². The zero-order chi connectivity index (χ0) is 14.4. The molecule has 0 N–H and O–H groups in total. The van der Waals surface area contributed by atoms with Gasteiger partial charge in [-0.2, -0.15) is 0 Å². The second-order valence-electron chi connectivity index (χ2n) is 6.58. The molecule has 0 atom stereocenters. The molecule has 0 rings (SSSR count). The van der Waals surface area contributed by atoms with Crippen LogP contribution >= 0.6 is 7.26 Å². The van der Waals surface area contributed by atoms with Crippen LogP contribution in [0.25, 0.3) is 0 Å². The van der Waals surface area contributed by atoms with E-state index >= 15 is 0 Å². The van der Waals surface area contributed by atoms with Gasteiger partial charge in [-0.25, -0.2) is 0 Å². The number of hydrogen-bond acceptors (Lipinski definition) is 0. The summed E-state index contributed by atoms with van der Waals surface area (Å²) in [5.74, 6) is 0. The molecular weight excluding hydrogens is 247 g/mol. The average molecular weight is 288 g/mol. The van der Waals surface area contributed by atoms with E-state index in [4.69, 9.17) is 0 Å². The number of hydrogen-bond donors (Lipinski definition) is 0. The van der Waals surface area contributed by atoms with E-state index in [9.17, 15) is 0 Å². The number of unbranched alkanes of at least 4 members (excludes halogenated alkanes) is 7. The molecule has 0 nitrogen and oxygen atoms in total. The van der Waals surface area contributed by atoms with E-state index in [2.05, 4.69) is 27.7 Å². The van der Waals surface area contributed by atoms with Gasteiger partial charge in [0.1, 0.15) is 0 Å². The molecule has 0 saturated heterocycles. The summed E-state index contributed by atoms with van der Waals surface area (Å²) in [4.78, 5) is 0. The quantitative estimate of drug-likeness (QED) is 0.246. The molecular formula is C18H41P. The molecule has 118 valence electrons. The SMILES string of the molecule is CCCCCC[PH](CC)(CCCCC)CCCCC. The van der Waals surface area contributed by atoms with E-state index in [-0.39, 0.29) is 0 Å². The summed E-state index contributed by atoms with van der Waals surface area (Å²) in [7, 11) is -0.894. The van der Waals surface area contributed by atoms with Gasteiger partial charge in [-0.3, -0.25) is 0 Å². The standard InChI is InChI=1S/C18H41P/c1-5-9-12-15-18-19(8-4,16-13-10-6-2)17-14-11-7-3/h19H,5-18H2,1-4H3. The van der Waals surface area contributed by atoms with Crippen LogP contribution in [0.4, 0.5) is 0 Å². The van der Waals surface area contributed by atoms with Crippen molar-refractivity contribution in [2.45, 2.75) is 91.9 Å². The molecule has 0 aromatic rings. The fourth-order valence-corrected chi connectivity index (χ4v) is 8.14. The summed E-state index contributed by atoms with van der Waals surface area (Å²) in [6, 6.07) is 0. The maximum atomic E-state index is 2.50. The van der Waals surface area contributed by atoms with Gasteiger partial charge in [-0.15, -0.1) is 0 Å². The first-order valence-corrected chi connectivity index (χ1v) is 12.1. The Morgan fingerprint density at radius 2 is 0.842 bits per heavy atom. The molecule has 0 radical (unpaired) electrons. The Bertz CT molecular complexity index is 167. The van der Waals surface area contributed by atoms with Gasteiger partial charge in [0.05, 0.1) is 0 Å². The van der Waals surface area contributed by atoms with Crippen LogP contribution in [0.2, 0.25) is 0 Å². The van der Waals surface area contributed by atoms with Crippen LogP contribution in [0.1, 0.15) is 91.9 Å². The first kappa shape index (κ1) is 19.4. The Labute approximate surface area is 124 Å². The molecule has 0 aliphatic heterocycles. The van der Waals surface area contributed by atoms with Crippen molar-refractivity contribution in [3.8, 4) is 0 Å². The summed E-state index contributed by atoms with van der Waals surface area (Å²) in [6.45, 7) is 9.51. The molecule has 0 aliphatic rings. The summed E-state index contributed by atoms with van der Waals surface area (Å²) in [5, 5.41) is 0. The molecule has 0 bridgehead atoms. The maximum absolute atomic E-state index is 2.50. The third-order valence-corrected chi connectivity index (χ3v) is 10.7. The van der Waals surface area contributed by atoms with Gasteiger partial charge in [0.15, 0.2) is 0 Å². The molecule has 1 heteroatoms. The monoisotopic (exact) mass is 288 g/mol. The van der Waals surface area contributed by atoms with Gasteiger partial charge < -0.3 is 0 Å². The Morgan fingerprint density at radius 1 is 0.474 bits per heavy atom. The van der Waals surface area contributed by atoms with Gasteiger partial charge >= 0.3 is 124 Å². The molecule has 0 aromatic carbocycles. The van der Waals surface area contributed by atoms with Crippen LogP contribution in [0.15, 0.2) is 0 Å². The average Bonchev–Trinajstić information content (AvgIpc) is 2.43. The Balaban J connectivity index is 4.20. The van der Waals surface area contributed by atoms with Gasteiger partial charge in [-0.1, -0.05) is 0 Å². The topological polar surface area (TPSA) is 0 Å². The van der Waals surface area contributed by atoms with E-state index in [0.29, 0.717) is 0 Å². The molecule has 0 spiro atoms. The normalized spacial score (nSPS) is 12.8. The van der Waals surface area contributed by atoms with Crippen LogP contribution in [-0.4, -0.2) is 24.6 Å². The summed E-state index contributed by atoms with van der Waals surface area (Å²) in [6.07, 6.45) is 21.1. The van der Waals surface area contributed by atoms with E-state index < -0.39 is 7.26 Å². The van der Waals surface area contributed by atoms with Crippen LogP contribution in [0.5, 0.6) is 0 Å². The molecule has 0 fully saturated rings. The minimum atomic E-state index is -0.894. The van der Waals surface area contributed by atoms with Crippen molar-refractivity contribution in [2.24, 2.45) is 0 Å². The van der Waals surface area contributed by atoms with Crippen LogP contribution < -0.4 is 0 Å². The van der Waals surface area contributed by atoms with Gasteiger partial charge in [0, 0.05) is 0 Å². The molecule has 0 aliphatic carbocycles. The van der Waals surface area contributed by atoms with Crippen LogP contribution in [0.3, 0.4) is 0 Å². The van der Waals surface area contributed by atoms with E-state index in [1.807, 2.05) is 0 Å². The first-order chi connectivity index (χ1) is 9.24. The Hall–Kier alpha value is 0.430.